The largest absolute Gasteiger partial charge is 0.378 e. The lowest BCUT2D eigenvalue weighted by atomic mass is 10.1. The quantitative estimate of drug-likeness (QED) is 0.831. The molecular formula is C14H17N3O. The molecular weight excluding hydrogens is 226 g/mol. The van der Waals surface area contributed by atoms with Gasteiger partial charge in [0.05, 0.1) is 6.10 Å². The second-order valence-corrected chi connectivity index (χ2v) is 4.65. The number of hydrogen-bond donors (Lipinski definition) is 0. The van der Waals surface area contributed by atoms with E-state index in [4.69, 9.17) is 4.74 Å². The standard InChI is InChI=1S/C14H17N3O/c1-2-6-12(7-3-1)17-11-15-16-14(17)10-13-8-4-5-9-18-13/h1-3,6-7,11,13H,4-5,8-10H2. The molecule has 1 aliphatic rings. The van der Waals surface area contributed by atoms with Crippen LogP contribution in [0.1, 0.15) is 25.1 Å². The van der Waals surface area contributed by atoms with E-state index in [-0.39, 0.29) is 0 Å². The first-order chi connectivity index (χ1) is 8.93. The highest BCUT2D eigenvalue weighted by Gasteiger charge is 2.17. The van der Waals surface area contributed by atoms with Crippen molar-refractivity contribution in [3.63, 3.8) is 0 Å². The van der Waals surface area contributed by atoms with E-state index in [9.17, 15) is 0 Å². The molecule has 4 nitrogen and oxygen atoms in total. The zero-order valence-corrected chi connectivity index (χ0v) is 10.3. The zero-order valence-electron chi connectivity index (χ0n) is 10.3. The van der Waals surface area contributed by atoms with Crippen LogP contribution >= 0.6 is 0 Å². The monoisotopic (exact) mass is 243 g/mol. The average molecular weight is 243 g/mol. The van der Waals surface area contributed by atoms with Gasteiger partial charge in [-0.25, -0.2) is 0 Å². The van der Waals surface area contributed by atoms with E-state index in [1.807, 2.05) is 22.8 Å². The Morgan fingerprint density at radius 2 is 2.11 bits per heavy atom. The van der Waals surface area contributed by atoms with Crippen molar-refractivity contribution in [2.45, 2.75) is 31.8 Å². The third kappa shape index (κ3) is 2.43. The van der Waals surface area contributed by atoms with E-state index in [0.29, 0.717) is 6.10 Å². The van der Waals surface area contributed by atoms with Gasteiger partial charge < -0.3 is 4.74 Å². The molecule has 0 spiro atoms. The van der Waals surface area contributed by atoms with Crippen molar-refractivity contribution in [3.8, 4) is 5.69 Å². The highest BCUT2D eigenvalue weighted by molar-refractivity contribution is 5.32. The van der Waals surface area contributed by atoms with Crippen molar-refractivity contribution in [1.82, 2.24) is 14.8 Å². The summed E-state index contributed by atoms with van der Waals surface area (Å²) in [4.78, 5) is 0. The number of benzene rings is 1. The Labute approximate surface area is 107 Å². The van der Waals surface area contributed by atoms with Gasteiger partial charge in [-0.3, -0.25) is 4.57 Å². The molecule has 1 fully saturated rings. The number of rotatable bonds is 3. The van der Waals surface area contributed by atoms with E-state index >= 15 is 0 Å². The molecule has 3 rings (SSSR count). The normalized spacial score (nSPS) is 19.9. The topological polar surface area (TPSA) is 39.9 Å². The molecule has 1 aromatic carbocycles. The van der Waals surface area contributed by atoms with Crippen molar-refractivity contribution in [3.05, 3.63) is 42.5 Å². The van der Waals surface area contributed by atoms with Gasteiger partial charge in [-0.2, -0.15) is 0 Å². The average Bonchev–Trinajstić information content (AvgIpc) is 2.89. The molecule has 0 amide bonds. The highest BCUT2D eigenvalue weighted by Crippen LogP contribution is 2.18. The maximum Gasteiger partial charge on any atom is 0.139 e. The molecule has 1 aliphatic heterocycles. The summed E-state index contributed by atoms with van der Waals surface area (Å²) in [5.41, 5.74) is 1.10. The molecule has 0 bridgehead atoms. The molecule has 1 aromatic heterocycles. The molecule has 0 aliphatic carbocycles. The molecule has 94 valence electrons. The smallest absolute Gasteiger partial charge is 0.139 e. The summed E-state index contributed by atoms with van der Waals surface area (Å²) in [5.74, 6) is 0.980. The first-order valence-electron chi connectivity index (χ1n) is 6.49. The Kier molecular flexibility index (Phi) is 3.37. The molecule has 1 unspecified atom stereocenters. The van der Waals surface area contributed by atoms with Crippen LogP contribution in [-0.4, -0.2) is 27.5 Å². The number of hydrogen-bond acceptors (Lipinski definition) is 3. The fourth-order valence-corrected chi connectivity index (χ4v) is 2.37. The predicted octanol–water partition coefficient (Wildman–Crippen LogP) is 2.38. The second kappa shape index (κ2) is 5.31. The van der Waals surface area contributed by atoms with Crippen molar-refractivity contribution in [1.29, 1.82) is 0 Å². The van der Waals surface area contributed by atoms with Gasteiger partial charge in [-0.1, -0.05) is 18.2 Å². The fourth-order valence-electron chi connectivity index (χ4n) is 2.37. The Morgan fingerprint density at radius 3 is 2.89 bits per heavy atom. The third-order valence-corrected chi connectivity index (χ3v) is 3.34. The fraction of sp³-hybridized carbons (Fsp3) is 0.429. The minimum absolute atomic E-state index is 0.297. The molecule has 2 aromatic rings. The van der Waals surface area contributed by atoms with Crippen molar-refractivity contribution < 1.29 is 4.74 Å². The van der Waals surface area contributed by atoms with Crippen LogP contribution in [0.15, 0.2) is 36.7 Å². The molecule has 0 radical (unpaired) electrons. The Bertz CT molecular complexity index is 489. The summed E-state index contributed by atoms with van der Waals surface area (Å²) < 4.78 is 7.80. The lowest BCUT2D eigenvalue weighted by Gasteiger charge is -2.22. The van der Waals surface area contributed by atoms with Gasteiger partial charge in [0.15, 0.2) is 0 Å². The van der Waals surface area contributed by atoms with Gasteiger partial charge in [0.25, 0.3) is 0 Å². The van der Waals surface area contributed by atoms with Gasteiger partial charge in [0, 0.05) is 18.7 Å². The molecule has 1 saturated heterocycles. The Hall–Kier alpha value is -1.68. The highest BCUT2D eigenvalue weighted by atomic mass is 16.5. The van der Waals surface area contributed by atoms with Crippen molar-refractivity contribution >= 4 is 0 Å². The summed E-state index contributed by atoms with van der Waals surface area (Å²) in [6.45, 7) is 0.879. The maximum atomic E-state index is 5.76. The minimum atomic E-state index is 0.297. The third-order valence-electron chi connectivity index (χ3n) is 3.34. The van der Waals surface area contributed by atoms with Gasteiger partial charge in [0.1, 0.15) is 12.2 Å². The van der Waals surface area contributed by atoms with Gasteiger partial charge >= 0.3 is 0 Å². The maximum absolute atomic E-state index is 5.76. The molecule has 18 heavy (non-hydrogen) atoms. The summed E-state index contributed by atoms with van der Waals surface area (Å²) in [7, 11) is 0. The molecule has 1 atom stereocenters. The predicted molar refractivity (Wildman–Crippen MR) is 68.7 cm³/mol. The number of nitrogens with zero attached hydrogens (tertiary/aromatic N) is 3. The van der Waals surface area contributed by atoms with Crippen LogP contribution in [0.25, 0.3) is 5.69 Å². The lowest BCUT2D eigenvalue weighted by molar-refractivity contribution is 0.0154. The minimum Gasteiger partial charge on any atom is -0.378 e. The van der Waals surface area contributed by atoms with Crippen LogP contribution in [0.2, 0.25) is 0 Å². The van der Waals surface area contributed by atoms with Crippen molar-refractivity contribution in [2.24, 2.45) is 0 Å². The first-order valence-corrected chi connectivity index (χ1v) is 6.49. The summed E-state index contributed by atoms with van der Waals surface area (Å²) >= 11 is 0. The van der Waals surface area contributed by atoms with Crippen LogP contribution in [0.3, 0.4) is 0 Å². The molecule has 0 saturated carbocycles. The van der Waals surface area contributed by atoms with E-state index in [1.165, 1.54) is 12.8 Å². The van der Waals surface area contributed by atoms with Crippen LogP contribution in [0.5, 0.6) is 0 Å². The van der Waals surface area contributed by atoms with E-state index in [2.05, 4.69) is 22.3 Å². The second-order valence-electron chi connectivity index (χ2n) is 4.65. The Balaban J connectivity index is 1.79. The summed E-state index contributed by atoms with van der Waals surface area (Å²) in [5, 5.41) is 8.24. The van der Waals surface area contributed by atoms with Gasteiger partial charge in [-0.05, 0) is 31.4 Å². The van der Waals surface area contributed by atoms with Gasteiger partial charge in [-0.15, -0.1) is 10.2 Å². The first kappa shape index (κ1) is 11.4. The van der Waals surface area contributed by atoms with Crippen LogP contribution in [0.4, 0.5) is 0 Å². The number of ether oxygens (including phenoxy) is 1. The van der Waals surface area contributed by atoms with E-state index < -0.39 is 0 Å². The van der Waals surface area contributed by atoms with E-state index in [0.717, 1.165) is 31.0 Å². The molecule has 2 heterocycles. The van der Waals surface area contributed by atoms with Crippen LogP contribution in [0, 0.1) is 0 Å². The molecule has 4 heteroatoms. The summed E-state index contributed by atoms with van der Waals surface area (Å²) in [6, 6.07) is 10.2. The van der Waals surface area contributed by atoms with Crippen LogP contribution in [-0.2, 0) is 11.2 Å². The molecule has 0 N–H and O–H groups in total. The number of para-hydroxylation sites is 1. The summed E-state index contributed by atoms with van der Waals surface area (Å²) in [6.07, 6.45) is 6.47. The number of aromatic nitrogens is 3. The van der Waals surface area contributed by atoms with Crippen molar-refractivity contribution in [2.75, 3.05) is 6.61 Å². The zero-order chi connectivity index (χ0) is 12.2. The van der Waals surface area contributed by atoms with Crippen LogP contribution < -0.4 is 0 Å². The van der Waals surface area contributed by atoms with Gasteiger partial charge in [0.2, 0.25) is 0 Å². The SMILES string of the molecule is c1ccc(-n2cnnc2CC2CCCCO2)cc1. The lowest BCUT2D eigenvalue weighted by Crippen LogP contribution is -2.23. The van der Waals surface area contributed by atoms with E-state index in [1.54, 1.807) is 6.33 Å². The Morgan fingerprint density at radius 1 is 1.22 bits per heavy atom.